The van der Waals surface area contributed by atoms with E-state index in [0.29, 0.717) is 77.4 Å². The Morgan fingerprint density at radius 3 is 1.95 bits per heavy atom. The maximum atomic E-state index is 14.2. The average molecular weight is 1130 g/mol. The normalized spacial score (nSPS) is 22.5. The summed E-state index contributed by atoms with van der Waals surface area (Å²) in [5, 5.41) is 44.4. The van der Waals surface area contributed by atoms with Crippen molar-refractivity contribution in [3.05, 3.63) is 29.6 Å². The molecule has 3 saturated heterocycles. The third-order valence-corrected chi connectivity index (χ3v) is 15.5. The maximum absolute atomic E-state index is 14.2. The smallest absolute Gasteiger partial charge is 0.317 e. The van der Waals surface area contributed by atoms with Gasteiger partial charge in [0.2, 0.25) is 41.7 Å². The number of nitrogens with one attached hydrogen (secondary N) is 6. The first-order valence-electron chi connectivity index (χ1n) is 27.6. The van der Waals surface area contributed by atoms with Crippen LogP contribution in [-0.4, -0.2) is 234 Å². The number of aryl methyl sites for hydroxylation is 1. The number of piperidine rings is 1. The summed E-state index contributed by atoms with van der Waals surface area (Å²) in [5.41, 5.74) is 1.74. The van der Waals surface area contributed by atoms with Gasteiger partial charge in [-0.1, -0.05) is 26.3 Å². The number of rotatable bonds is 27. The molecule has 9 N–H and O–H groups in total. The Bertz CT molecular complexity index is 2430. The first-order chi connectivity index (χ1) is 38.2. The Morgan fingerprint density at radius 1 is 0.700 bits per heavy atom. The van der Waals surface area contributed by atoms with Gasteiger partial charge in [-0.05, 0) is 68.7 Å². The second-order valence-corrected chi connectivity index (χ2v) is 21.4. The van der Waals surface area contributed by atoms with Crippen molar-refractivity contribution >= 4 is 70.7 Å². The summed E-state index contributed by atoms with van der Waals surface area (Å²) in [6.45, 7) is 8.58. The number of carboxylic acid groups (broad SMARTS) is 3. The molecule has 7 atom stereocenters. The molecule has 3 fully saturated rings. The molecule has 27 heteroatoms. The Hall–Kier alpha value is -6.81. The number of carboxylic acids is 3. The number of cyclic esters (lactones) is 1. The van der Waals surface area contributed by atoms with Gasteiger partial charge in [-0.25, -0.2) is 0 Å². The van der Waals surface area contributed by atoms with Gasteiger partial charge in [0.25, 0.3) is 0 Å². The summed E-state index contributed by atoms with van der Waals surface area (Å²) in [6.07, 6.45) is 4.01. The van der Waals surface area contributed by atoms with E-state index >= 15 is 0 Å². The molecule has 442 valence electrons. The Labute approximate surface area is 464 Å². The maximum Gasteiger partial charge on any atom is 0.317 e. The quantitative estimate of drug-likeness (QED) is 0.0415. The highest BCUT2D eigenvalue weighted by atomic mass is 16.7. The van der Waals surface area contributed by atoms with Gasteiger partial charge in [0.05, 0.1) is 43.7 Å². The lowest BCUT2D eigenvalue weighted by Gasteiger charge is -2.35. The van der Waals surface area contributed by atoms with Gasteiger partial charge in [-0.2, -0.15) is 0 Å². The van der Waals surface area contributed by atoms with Gasteiger partial charge in [-0.3, -0.25) is 67.4 Å². The Kier molecular flexibility index (Phi) is 23.5. The molecule has 0 aromatic carbocycles. The second-order valence-electron chi connectivity index (χ2n) is 21.4. The van der Waals surface area contributed by atoms with Crippen LogP contribution < -0.4 is 31.9 Å². The number of hydrogen-bond donors (Lipinski definition) is 9. The van der Waals surface area contributed by atoms with Gasteiger partial charge < -0.3 is 66.2 Å². The number of likely N-dealkylation sites (tertiary alicyclic amines) is 1. The van der Waals surface area contributed by atoms with Crippen molar-refractivity contribution in [1.82, 2.24) is 56.1 Å². The highest BCUT2D eigenvalue weighted by Gasteiger charge is 2.41. The fourth-order valence-corrected chi connectivity index (χ4v) is 10.8. The molecule has 6 rings (SSSR count). The average Bonchev–Trinajstić information content (AvgIpc) is 4.01. The zero-order chi connectivity index (χ0) is 58.0. The van der Waals surface area contributed by atoms with E-state index in [0.717, 1.165) is 24.9 Å². The zero-order valence-corrected chi connectivity index (χ0v) is 45.9. The van der Waals surface area contributed by atoms with Crippen molar-refractivity contribution < 1.29 is 77.5 Å². The van der Waals surface area contributed by atoms with Crippen molar-refractivity contribution in [3.63, 3.8) is 0 Å². The number of aliphatic carboxylic acids is 3. The molecule has 5 aliphatic rings. The Morgan fingerprint density at radius 2 is 1.32 bits per heavy atom. The predicted octanol–water partition coefficient (Wildman–Crippen LogP) is -2.40. The summed E-state index contributed by atoms with van der Waals surface area (Å²) in [4.78, 5) is 148. The Balaban J connectivity index is 0.914. The highest BCUT2D eigenvalue weighted by Crippen LogP contribution is 2.35. The molecule has 5 heterocycles. The molecular weight excluding hydrogens is 1050 g/mol. The number of ketones is 1. The van der Waals surface area contributed by atoms with Gasteiger partial charge in [0.15, 0.2) is 5.78 Å². The third-order valence-electron chi connectivity index (χ3n) is 15.5. The van der Waals surface area contributed by atoms with E-state index in [4.69, 9.17) is 9.47 Å². The van der Waals surface area contributed by atoms with E-state index in [1.807, 2.05) is 38.5 Å². The SMILES string of the molecule is CCC(C)C(NC(=O)CCNC(=O)CCNC(=O)C(CCC(=O)O)NC(=O)CN1CCC(CN2CCN(CC(=O)O)CCN(CC(=O)O)CC2)CC1)C(=O)N[C@H]1CCn2ccc3c2C(=C[C@@H](C(=O)N[C@H]2CC(=O)O[C@@H]2OC)C3)C1=O. The van der Waals surface area contributed by atoms with E-state index in [1.54, 1.807) is 13.0 Å². The van der Waals surface area contributed by atoms with Crippen LogP contribution in [0.2, 0.25) is 0 Å². The molecule has 1 aromatic heterocycles. The molecule has 4 aliphatic heterocycles. The van der Waals surface area contributed by atoms with Crippen LogP contribution in [0.15, 0.2) is 18.3 Å². The van der Waals surface area contributed by atoms with E-state index in [1.165, 1.54) is 7.11 Å². The second kappa shape index (κ2) is 30.1. The van der Waals surface area contributed by atoms with Crippen LogP contribution in [0.5, 0.6) is 0 Å². The van der Waals surface area contributed by atoms with Gasteiger partial charge >= 0.3 is 23.9 Å². The van der Waals surface area contributed by atoms with Crippen molar-refractivity contribution in [3.8, 4) is 0 Å². The number of aromatic nitrogens is 1. The van der Waals surface area contributed by atoms with Crippen LogP contribution in [-0.2, 0) is 75.2 Å². The van der Waals surface area contributed by atoms with Crippen LogP contribution in [0.25, 0.3) is 5.57 Å². The minimum Gasteiger partial charge on any atom is -0.481 e. The number of Topliss-reactive ketones (excluding diaryl/α,β-unsaturated/α-hetero) is 1. The largest absolute Gasteiger partial charge is 0.481 e. The number of esters is 1. The van der Waals surface area contributed by atoms with E-state index in [-0.39, 0.29) is 88.0 Å². The van der Waals surface area contributed by atoms with Crippen LogP contribution in [0.1, 0.15) is 82.9 Å². The number of hydrogen-bond acceptors (Lipinski definition) is 17. The van der Waals surface area contributed by atoms with Gasteiger partial charge in [0, 0.05) is 104 Å². The van der Waals surface area contributed by atoms with Gasteiger partial charge in [-0.15, -0.1) is 0 Å². The van der Waals surface area contributed by atoms with E-state index < -0.39 is 102 Å². The van der Waals surface area contributed by atoms with Crippen molar-refractivity contribution in [2.45, 2.75) is 115 Å². The zero-order valence-electron chi connectivity index (χ0n) is 45.9. The van der Waals surface area contributed by atoms with Crippen molar-refractivity contribution in [2.24, 2.45) is 17.8 Å². The van der Waals surface area contributed by atoms with E-state index in [2.05, 4.69) is 36.8 Å². The molecule has 0 bridgehead atoms. The molecule has 0 radical (unpaired) electrons. The topological polar surface area (TPSA) is 357 Å². The molecule has 27 nitrogen and oxygen atoms in total. The first-order valence-corrected chi connectivity index (χ1v) is 27.6. The van der Waals surface area contributed by atoms with Crippen molar-refractivity contribution in [2.75, 3.05) is 98.7 Å². The predicted molar refractivity (Wildman–Crippen MR) is 284 cm³/mol. The number of carbonyl (C=O) groups excluding carboxylic acids is 8. The number of carbonyl (C=O) groups is 11. The number of nitrogens with zero attached hydrogens (tertiary/aromatic N) is 5. The summed E-state index contributed by atoms with van der Waals surface area (Å²) >= 11 is 0. The van der Waals surface area contributed by atoms with Crippen LogP contribution in [0.4, 0.5) is 0 Å². The molecule has 1 aromatic rings. The minimum absolute atomic E-state index is 0.0290. The summed E-state index contributed by atoms with van der Waals surface area (Å²) in [6, 6.07) is -2.05. The summed E-state index contributed by atoms with van der Waals surface area (Å²) < 4.78 is 12.2. The van der Waals surface area contributed by atoms with Crippen LogP contribution in [0, 0.1) is 17.8 Å². The number of ether oxygens (including phenoxy) is 2. The molecule has 0 saturated carbocycles. The highest BCUT2D eigenvalue weighted by molar-refractivity contribution is 6.24. The van der Waals surface area contributed by atoms with Crippen LogP contribution >= 0.6 is 0 Å². The lowest BCUT2D eigenvalue weighted by atomic mass is 9.85. The molecule has 1 aliphatic carbocycles. The molecule has 3 unspecified atom stereocenters. The lowest BCUT2D eigenvalue weighted by Crippen LogP contribution is -2.54. The monoisotopic (exact) mass is 1130 g/mol. The molecule has 0 spiro atoms. The lowest BCUT2D eigenvalue weighted by molar-refractivity contribution is -0.160. The first kappa shape index (κ1) is 62.4. The third kappa shape index (κ3) is 18.6. The summed E-state index contributed by atoms with van der Waals surface area (Å²) in [7, 11) is 1.37. The van der Waals surface area contributed by atoms with Crippen LogP contribution in [0.3, 0.4) is 0 Å². The fraction of sp³-hybridized carbons (Fsp3) is 0.679. The number of methoxy groups -OCH3 is 1. The van der Waals surface area contributed by atoms with Gasteiger partial charge in [0.1, 0.15) is 18.1 Å². The minimum atomic E-state index is -1.19. The fourth-order valence-electron chi connectivity index (χ4n) is 10.8. The standard InChI is InChI=1S/C53H79N11O16/c1-4-32(2)47(52(78)57-37-12-18-64-17-11-34-25-35(26-36(48(34)64)49(37)75)50(76)58-39-27-46(74)80-53(39)79-3)59-41(66)8-13-54-40(65)7-14-55-51(77)38(5-6-43(68)69)56-42(67)29-60-15-9-33(10-16-60)28-61-19-21-62(30-44(70)71)23-24-63(22-20-61)31-45(72)73/h11,17,26,32-33,35,37-39,47,53H,4-10,12-16,18-25,27-31H2,1-3H3,(H,54,65)(H,55,77)(H,56,67)(H,57,78)(H,58,76)(H,59,66)(H,68,69)(H,70,71)(H,72,73)/t32?,35-,37-,38?,39-,47?,53-/m0/s1. The van der Waals surface area contributed by atoms with Crippen molar-refractivity contribution in [1.29, 1.82) is 0 Å². The number of amides is 6. The molecule has 6 amide bonds. The molecule has 80 heavy (non-hydrogen) atoms. The van der Waals surface area contributed by atoms with E-state index in [9.17, 15) is 68.1 Å². The summed E-state index contributed by atoms with van der Waals surface area (Å²) in [5.74, 6) is -7.97. The molecular formula is C53H79N11O16.